The third-order valence-corrected chi connectivity index (χ3v) is 6.64. The fraction of sp³-hybridized carbons (Fsp3) is 0.188. The van der Waals surface area contributed by atoms with Crippen LogP contribution in [0.4, 0.5) is 11.4 Å². The summed E-state index contributed by atoms with van der Waals surface area (Å²) in [5, 5.41) is 0. The minimum Gasteiger partial charge on any atom is -0.469 e. The van der Waals surface area contributed by atoms with Crippen molar-refractivity contribution in [1.29, 1.82) is 0 Å². The van der Waals surface area contributed by atoms with Crippen molar-refractivity contribution in [2.45, 2.75) is 25.7 Å². The van der Waals surface area contributed by atoms with Gasteiger partial charge in [0.2, 0.25) is 0 Å². The first-order valence-corrected chi connectivity index (χ1v) is 12.5. The summed E-state index contributed by atoms with van der Waals surface area (Å²) in [6.07, 6.45) is 1.87. The van der Waals surface area contributed by atoms with Gasteiger partial charge in [0.1, 0.15) is 0 Å². The highest BCUT2D eigenvalue weighted by Gasteiger charge is 2.17. The molecular weight excluding hydrogens is 476 g/mol. The highest BCUT2D eigenvalue weighted by atomic mass is 16.5. The number of aryl methyl sites for hydroxylation is 2. The van der Waals surface area contributed by atoms with E-state index in [1.807, 2.05) is 72.8 Å². The van der Waals surface area contributed by atoms with Crippen molar-refractivity contribution in [3.8, 4) is 33.4 Å². The molecule has 4 rings (SSSR count). The average molecular weight is 509 g/mol. The molecule has 0 saturated carbocycles. The fourth-order valence-electron chi connectivity index (χ4n) is 4.51. The lowest BCUT2D eigenvalue weighted by molar-refractivity contribution is -0.141. The van der Waals surface area contributed by atoms with Crippen molar-refractivity contribution in [3.05, 3.63) is 96.1 Å². The summed E-state index contributed by atoms with van der Waals surface area (Å²) in [5.41, 5.74) is 22.0. The standard InChI is InChI=1S/C32H32N2O4/c1-37-29(35)19-7-21-3-9-24(10-4-21)31-27(23-13-15-26(33)16-14-23)17-18-28(34)32(31)25-11-5-22(6-12-25)8-20-30(36)38-2/h3-6,9-18H,7-8,19-20,33-34H2,1-2H3. The molecule has 0 atom stereocenters. The Kier molecular flexibility index (Phi) is 8.44. The number of esters is 2. The van der Waals surface area contributed by atoms with Gasteiger partial charge in [-0.15, -0.1) is 0 Å². The minimum absolute atomic E-state index is 0.229. The number of carbonyl (C=O) groups is 2. The van der Waals surface area contributed by atoms with Gasteiger partial charge in [0.25, 0.3) is 0 Å². The molecule has 0 unspecified atom stereocenters. The second-order valence-electron chi connectivity index (χ2n) is 9.12. The third kappa shape index (κ3) is 6.21. The molecule has 0 radical (unpaired) electrons. The van der Waals surface area contributed by atoms with E-state index >= 15 is 0 Å². The molecule has 0 aliphatic heterocycles. The van der Waals surface area contributed by atoms with E-state index in [0.717, 1.165) is 44.5 Å². The number of anilines is 2. The molecule has 0 bridgehead atoms. The molecule has 4 aromatic rings. The van der Waals surface area contributed by atoms with Crippen LogP contribution in [-0.4, -0.2) is 26.2 Å². The number of carbonyl (C=O) groups excluding carboxylic acids is 2. The average Bonchev–Trinajstić information content (AvgIpc) is 2.95. The lowest BCUT2D eigenvalue weighted by Crippen LogP contribution is -2.02. The first-order chi connectivity index (χ1) is 18.4. The lowest BCUT2D eigenvalue weighted by atomic mass is 9.86. The number of rotatable bonds is 9. The van der Waals surface area contributed by atoms with Gasteiger partial charge in [-0.2, -0.15) is 0 Å². The highest BCUT2D eigenvalue weighted by molar-refractivity contribution is 5.99. The first kappa shape index (κ1) is 26.5. The normalized spacial score (nSPS) is 10.7. The fourth-order valence-corrected chi connectivity index (χ4v) is 4.51. The number of methoxy groups -OCH3 is 2. The topological polar surface area (TPSA) is 105 Å². The lowest BCUT2D eigenvalue weighted by Gasteiger charge is -2.19. The quantitative estimate of drug-likeness (QED) is 0.210. The summed E-state index contributed by atoms with van der Waals surface area (Å²) in [5.74, 6) is -0.459. The largest absolute Gasteiger partial charge is 0.469 e. The Bertz CT molecular complexity index is 1410. The van der Waals surface area contributed by atoms with Crippen molar-refractivity contribution in [3.63, 3.8) is 0 Å². The number of hydrogen-bond acceptors (Lipinski definition) is 6. The van der Waals surface area contributed by atoms with Gasteiger partial charge < -0.3 is 20.9 Å². The van der Waals surface area contributed by atoms with Crippen LogP contribution < -0.4 is 11.5 Å². The molecule has 0 fully saturated rings. The predicted molar refractivity (Wildman–Crippen MR) is 152 cm³/mol. The van der Waals surface area contributed by atoms with E-state index in [1.165, 1.54) is 14.2 Å². The molecule has 0 aromatic heterocycles. The van der Waals surface area contributed by atoms with Crippen LogP contribution in [-0.2, 0) is 31.9 Å². The number of benzene rings is 4. The van der Waals surface area contributed by atoms with Gasteiger partial charge in [-0.3, -0.25) is 9.59 Å². The Balaban J connectivity index is 1.78. The Hall–Kier alpha value is -4.58. The van der Waals surface area contributed by atoms with Gasteiger partial charge in [0.05, 0.1) is 14.2 Å². The van der Waals surface area contributed by atoms with Crippen molar-refractivity contribution in [2.75, 3.05) is 25.7 Å². The van der Waals surface area contributed by atoms with Crippen LogP contribution in [0, 0.1) is 0 Å². The maximum absolute atomic E-state index is 11.6. The van der Waals surface area contributed by atoms with Gasteiger partial charge >= 0.3 is 11.9 Å². The summed E-state index contributed by atoms with van der Waals surface area (Å²) in [6.45, 7) is 0. The molecule has 0 aliphatic rings. The van der Waals surface area contributed by atoms with E-state index in [4.69, 9.17) is 20.9 Å². The van der Waals surface area contributed by atoms with Crippen LogP contribution in [0.3, 0.4) is 0 Å². The van der Waals surface area contributed by atoms with Gasteiger partial charge in [-0.1, -0.05) is 66.7 Å². The van der Waals surface area contributed by atoms with E-state index < -0.39 is 0 Å². The molecule has 4 aromatic carbocycles. The van der Waals surface area contributed by atoms with Crippen molar-refractivity contribution >= 4 is 23.3 Å². The molecule has 194 valence electrons. The number of nitrogens with two attached hydrogens (primary N) is 2. The molecular formula is C32H32N2O4. The van der Waals surface area contributed by atoms with E-state index in [-0.39, 0.29) is 11.9 Å². The smallest absolute Gasteiger partial charge is 0.305 e. The molecule has 0 saturated heterocycles. The molecule has 38 heavy (non-hydrogen) atoms. The zero-order chi connectivity index (χ0) is 27.1. The molecule has 6 heteroatoms. The SMILES string of the molecule is COC(=O)CCc1ccc(-c2c(N)ccc(-c3ccc(N)cc3)c2-c2ccc(CCC(=O)OC)cc2)cc1. The monoisotopic (exact) mass is 508 g/mol. The van der Waals surface area contributed by atoms with Crippen LogP contribution in [0.15, 0.2) is 84.9 Å². The van der Waals surface area contributed by atoms with Crippen LogP contribution >= 0.6 is 0 Å². The maximum Gasteiger partial charge on any atom is 0.305 e. The summed E-state index contributed by atoms with van der Waals surface area (Å²) >= 11 is 0. The second-order valence-corrected chi connectivity index (χ2v) is 9.12. The van der Waals surface area contributed by atoms with Gasteiger partial charge in [0.15, 0.2) is 0 Å². The van der Waals surface area contributed by atoms with E-state index in [0.29, 0.717) is 37.1 Å². The molecule has 0 aliphatic carbocycles. The van der Waals surface area contributed by atoms with Gasteiger partial charge in [-0.05, 0) is 70.0 Å². The Morgan fingerprint density at radius 1 is 0.579 bits per heavy atom. The van der Waals surface area contributed by atoms with Crippen LogP contribution in [0.2, 0.25) is 0 Å². The molecule has 6 nitrogen and oxygen atoms in total. The minimum atomic E-state index is -0.230. The van der Waals surface area contributed by atoms with Crippen molar-refractivity contribution in [2.24, 2.45) is 0 Å². The first-order valence-electron chi connectivity index (χ1n) is 12.5. The summed E-state index contributed by atoms with van der Waals surface area (Å²) in [6, 6.07) is 28.1. The summed E-state index contributed by atoms with van der Waals surface area (Å²) in [4.78, 5) is 23.1. The van der Waals surface area contributed by atoms with Crippen molar-refractivity contribution in [1.82, 2.24) is 0 Å². The summed E-state index contributed by atoms with van der Waals surface area (Å²) in [7, 11) is 2.80. The zero-order valence-corrected chi connectivity index (χ0v) is 21.7. The Labute approximate surface area is 223 Å². The van der Waals surface area contributed by atoms with Crippen LogP contribution in [0.1, 0.15) is 24.0 Å². The predicted octanol–water partition coefficient (Wildman–Crippen LogP) is 6.06. The zero-order valence-electron chi connectivity index (χ0n) is 21.7. The van der Waals surface area contributed by atoms with Crippen LogP contribution in [0.5, 0.6) is 0 Å². The molecule has 0 spiro atoms. The Morgan fingerprint density at radius 2 is 1.03 bits per heavy atom. The third-order valence-electron chi connectivity index (χ3n) is 6.64. The Morgan fingerprint density at radius 3 is 1.50 bits per heavy atom. The van der Waals surface area contributed by atoms with E-state index in [1.54, 1.807) is 0 Å². The highest BCUT2D eigenvalue weighted by Crippen LogP contribution is 2.43. The van der Waals surface area contributed by atoms with Gasteiger partial charge in [0, 0.05) is 29.8 Å². The van der Waals surface area contributed by atoms with Crippen molar-refractivity contribution < 1.29 is 19.1 Å². The molecule has 0 amide bonds. The van der Waals surface area contributed by atoms with E-state index in [9.17, 15) is 9.59 Å². The second kappa shape index (κ2) is 12.1. The molecule has 4 N–H and O–H groups in total. The number of ether oxygens (including phenoxy) is 2. The van der Waals surface area contributed by atoms with Gasteiger partial charge in [-0.25, -0.2) is 0 Å². The van der Waals surface area contributed by atoms with E-state index in [2.05, 4.69) is 12.1 Å². The molecule has 0 heterocycles. The van der Waals surface area contributed by atoms with Crippen LogP contribution in [0.25, 0.3) is 33.4 Å². The number of hydrogen-bond donors (Lipinski definition) is 2. The number of nitrogen functional groups attached to an aromatic ring is 2. The summed E-state index contributed by atoms with van der Waals surface area (Å²) < 4.78 is 9.54. The maximum atomic E-state index is 11.6.